The summed E-state index contributed by atoms with van der Waals surface area (Å²) >= 11 is 1.12. The molecule has 0 saturated heterocycles. The second-order valence-electron chi connectivity index (χ2n) is 2.62. The average molecular weight is 211 g/mol. The fraction of sp³-hybridized carbons (Fsp3) is 0.571. The maximum Gasteiger partial charge on any atom is 0.414 e. The number of hydrogen-bond acceptors (Lipinski definition) is 3. The normalized spacial score (nSPS) is 14.5. The van der Waals surface area contributed by atoms with Crippen LogP contribution >= 0.6 is 11.3 Å². The molecular weight excluding hydrogens is 203 g/mol. The zero-order valence-electron chi connectivity index (χ0n) is 6.80. The van der Waals surface area contributed by atoms with Crippen molar-refractivity contribution in [1.29, 1.82) is 0 Å². The van der Waals surface area contributed by atoms with Crippen molar-refractivity contribution in [3.05, 3.63) is 16.1 Å². The zero-order valence-corrected chi connectivity index (χ0v) is 7.61. The van der Waals surface area contributed by atoms with Crippen LogP contribution < -0.4 is 0 Å². The van der Waals surface area contributed by atoms with Gasteiger partial charge in [0.15, 0.2) is 6.10 Å². The number of thiazole rings is 1. The van der Waals surface area contributed by atoms with Gasteiger partial charge < -0.3 is 5.11 Å². The molecule has 0 aliphatic rings. The second-order valence-corrected chi connectivity index (χ2v) is 3.56. The molecule has 0 aliphatic heterocycles. The predicted octanol–water partition coefficient (Wildman–Crippen LogP) is 1.92. The number of aromatic nitrogens is 1. The van der Waals surface area contributed by atoms with Crippen molar-refractivity contribution in [2.24, 2.45) is 0 Å². The molecule has 1 heterocycles. The van der Waals surface area contributed by atoms with Gasteiger partial charge in [0.1, 0.15) is 0 Å². The van der Waals surface area contributed by atoms with Crippen LogP contribution in [0.3, 0.4) is 0 Å². The van der Waals surface area contributed by atoms with E-state index in [0.29, 0.717) is 10.6 Å². The van der Waals surface area contributed by atoms with Crippen molar-refractivity contribution in [2.45, 2.75) is 25.6 Å². The Bertz CT molecular complexity index is 284. The average Bonchev–Trinajstić information content (AvgIpc) is 2.34. The lowest BCUT2D eigenvalue weighted by atomic mass is 10.2. The van der Waals surface area contributed by atoms with Crippen LogP contribution in [-0.4, -0.2) is 22.4 Å². The quantitative estimate of drug-likeness (QED) is 0.810. The maximum atomic E-state index is 11.9. The fourth-order valence-electron chi connectivity index (χ4n) is 0.813. The van der Waals surface area contributed by atoms with Crippen molar-refractivity contribution in [2.75, 3.05) is 0 Å². The van der Waals surface area contributed by atoms with Gasteiger partial charge in [-0.15, -0.1) is 11.3 Å². The summed E-state index contributed by atoms with van der Waals surface area (Å²) in [6.07, 6.45) is -7.23. The van der Waals surface area contributed by atoms with E-state index in [2.05, 4.69) is 4.98 Å². The van der Waals surface area contributed by atoms with E-state index in [1.165, 1.54) is 5.51 Å². The van der Waals surface area contributed by atoms with E-state index in [9.17, 15) is 13.2 Å². The third-order valence-electron chi connectivity index (χ3n) is 1.60. The van der Waals surface area contributed by atoms with Crippen molar-refractivity contribution in [3.63, 3.8) is 0 Å². The summed E-state index contributed by atoms with van der Waals surface area (Å²) in [6.45, 7) is 1.62. The van der Waals surface area contributed by atoms with E-state index in [-0.39, 0.29) is 0 Å². The standard InChI is InChI=1S/C7H8F3NOS/c1-4-5(13-3-11-4)2-6(12)7(8,9)10/h3,6,12H,2H2,1H3. The van der Waals surface area contributed by atoms with Crippen LogP contribution in [0, 0.1) is 6.92 Å². The number of aliphatic hydroxyl groups excluding tert-OH is 1. The van der Waals surface area contributed by atoms with Crippen molar-refractivity contribution < 1.29 is 18.3 Å². The molecule has 1 rings (SSSR count). The van der Waals surface area contributed by atoms with E-state index in [0.717, 1.165) is 11.3 Å². The summed E-state index contributed by atoms with van der Waals surface area (Å²) in [6, 6.07) is 0. The van der Waals surface area contributed by atoms with Gasteiger partial charge in [-0.05, 0) is 6.92 Å². The first-order chi connectivity index (χ1) is 5.91. The summed E-state index contributed by atoms with van der Waals surface area (Å²) in [5.74, 6) is 0. The molecule has 2 nitrogen and oxygen atoms in total. The lowest BCUT2D eigenvalue weighted by Gasteiger charge is -2.13. The molecule has 0 saturated carbocycles. The Hall–Kier alpha value is -0.620. The Morgan fingerprint density at radius 3 is 2.62 bits per heavy atom. The van der Waals surface area contributed by atoms with Gasteiger partial charge in [0.05, 0.1) is 11.2 Å². The van der Waals surface area contributed by atoms with Crippen LogP contribution in [0.4, 0.5) is 13.2 Å². The number of hydrogen-bond donors (Lipinski definition) is 1. The molecular formula is C7H8F3NOS. The molecule has 1 unspecified atom stereocenters. The van der Waals surface area contributed by atoms with Crippen molar-refractivity contribution in [3.8, 4) is 0 Å². The van der Waals surface area contributed by atoms with Crippen molar-refractivity contribution in [1.82, 2.24) is 4.98 Å². The first-order valence-corrected chi connectivity index (χ1v) is 4.43. The Balaban J connectivity index is 2.65. The molecule has 0 aromatic carbocycles. The van der Waals surface area contributed by atoms with E-state index >= 15 is 0 Å². The Morgan fingerprint density at radius 1 is 1.62 bits per heavy atom. The monoisotopic (exact) mass is 211 g/mol. The van der Waals surface area contributed by atoms with Gasteiger partial charge in [0, 0.05) is 11.3 Å². The summed E-state index contributed by atoms with van der Waals surface area (Å²) in [5, 5.41) is 8.74. The van der Waals surface area contributed by atoms with Crippen LogP contribution in [0.5, 0.6) is 0 Å². The first kappa shape index (κ1) is 10.5. The van der Waals surface area contributed by atoms with E-state index in [4.69, 9.17) is 5.11 Å². The fourth-order valence-corrected chi connectivity index (χ4v) is 1.63. The molecule has 0 aliphatic carbocycles. The van der Waals surface area contributed by atoms with Crippen molar-refractivity contribution >= 4 is 11.3 Å². The van der Waals surface area contributed by atoms with Crippen LogP contribution in [0.25, 0.3) is 0 Å². The minimum Gasteiger partial charge on any atom is -0.383 e. The van der Waals surface area contributed by atoms with E-state index in [1.54, 1.807) is 6.92 Å². The summed E-state index contributed by atoms with van der Waals surface area (Å²) in [5.41, 5.74) is 2.02. The minimum absolute atomic E-state index is 0.403. The number of nitrogens with zero attached hydrogens (tertiary/aromatic N) is 1. The molecule has 1 aromatic rings. The van der Waals surface area contributed by atoms with E-state index < -0.39 is 18.7 Å². The minimum atomic E-state index is -4.55. The molecule has 0 bridgehead atoms. The third-order valence-corrected chi connectivity index (χ3v) is 2.56. The van der Waals surface area contributed by atoms with Gasteiger partial charge in [0.2, 0.25) is 0 Å². The number of aryl methyl sites for hydroxylation is 1. The van der Waals surface area contributed by atoms with Crippen LogP contribution in [0.15, 0.2) is 5.51 Å². The topological polar surface area (TPSA) is 33.1 Å². The predicted molar refractivity (Wildman–Crippen MR) is 42.6 cm³/mol. The Kier molecular flexibility index (Phi) is 2.92. The molecule has 6 heteroatoms. The number of halogens is 3. The summed E-state index contributed by atoms with van der Waals surface area (Å²) < 4.78 is 35.7. The Labute approximate surface area is 77.0 Å². The summed E-state index contributed by atoms with van der Waals surface area (Å²) in [4.78, 5) is 4.27. The smallest absolute Gasteiger partial charge is 0.383 e. The van der Waals surface area contributed by atoms with Gasteiger partial charge >= 0.3 is 6.18 Å². The molecule has 1 atom stereocenters. The number of alkyl halides is 3. The third kappa shape index (κ3) is 2.67. The lowest BCUT2D eigenvalue weighted by molar-refractivity contribution is -0.202. The molecule has 0 spiro atoms. The molecule has 0 amide bonds. The maximum absolute atomic E-state index is 11.9. The second kappa shape index (κ2) is 3.63. The summed E-state index contributed by atoms with van der Waals surface area (Å²) in [7, 11) is 0. The molecule has 0 radical (unpaired) electrons. The zero-order chi connectivity index (χ0) is 10.1. The number of rotatable bonds is 2. The van der Waals surface area contributed by atoms with E-state index in [1.807, 2.05) is 0 Å². The van der Waals surface area contributed by atoms with Crippen LogP contribution in [0.2, 0.25) is 0 Å². The molecule has 1 aromatic heterocycles. The van der Waals surface area contributed by atoms with Gasteiger partial charge in [-0.25, -0.2) is 4.98 Å². The molecule has 0 fully saturated rings. The molecule has 1 N–H and O–H groups in total. The van der Waals surface area contributed by atoms with Gasteiger partial charge in [-0.3, -0.25) is 0 Å². The highest BCUT2D eigenvalue weighted by Crippen LogP contribution is 2.25. The van der Waals surface area contributed by atoms with Gasteiger partial charge in [-0.2, -0.15) is 13.2 Å². The Morgan fingerprint density at radius 2 is 2.23 bits per heavy atom. The highest BCUT2D eigenvalue weighted by Gasteiger charge is 2.38. The molecule has 13 heavy (non-hydrogen) atoms. The first-order valence-electron chi connectivity index (χ1n) is 3.55. The van der Waals surface area contributed by atoms with Gasteiger partial charge in [0.25, 0.3) is 0 Å². The lowest BCUT2D eigenvalue weighted by Crippen LogP contribution is -2.30. The van der Waals surface area contributed by atoms with Crippen LogP contribution in [0.1, 0.15) is 10.6 Å². The number of aliphatic hydroxyl groups is 1. The molecule has 74 valence electrons. The highest BCUT2D eigenvalue weighted by atomic mass is 32.1. The largest absolute Gasteiger partial charge is 0.414 e. The highest BCUT2D eigenvalue weighted by molar-refractivity contribution is 7.09. The SMILES string of the molecule is Cc1ncsc1CC(O)C(F)(F)F. The van der Waals surface area contributed by atoms with Gasteiger partial charge in [-0.1, -0.05) is 0 Å². The van der Waals surface area contributed by atoms with Crippen LogP contribution in [-0.2, 0) is 6.42 Å².